The Hall–Kier alpha value is -3.47. The number of anilines is 1. The van der Waals surface area contributed by atoms with Crippen LogP contribution < -0.4 is 5.32 Å². The first kappa shape index (κ1) is 17.0. The zero-order chi connectivity index (χ0) is 18.8. The number of nitrogens with one attached hydrogen (secondary N) is 1. The number of rotatable bonds is 4. The van der Waals surface area contributed by atoms with Gasteiger partial charge in [0, 0.05) is 18.3 Å². The molecule has 27 heavy (non-hydrogen) atoms. The first-order valence-electron chi connectivity index (χ1n) is 8.81. The molecule has 5 heteroatoms. The summed E-state index contributed by atoms with van der Waals surface area (Å²) in [6.45, 7) is 2.34. The van der Waals surface area contributed by atoms with Crippen LogP contribution in [0.2, 0.25) is 0 Å². The maximum absolute atomic E-state index is 13.2. The predicted molar refractivity (Wildman–Crippen MR) is 103 cm³/mol. The maximum atomic E-state index is 13.2. The SMILES string of the molecule is Cc1ccnc(NC(=O)[C@H](c2ccccc2)N2Cc3ccccc3C2=O)c1. The van der Waals surface area contributed by atoms with Crippen molar-refractivity contribution in [1.29, 1.82) is 0 Å². The molecule has 1 aromatic heterocycles. The Kier molecular flexibility index (Phi) is 4.42. The maximum Gasteiger partial charge on any atom is 0.255 e. The first-order valence-corrected chi connectivity index (χ1v) is 8.81. The Balaban J connectivity index is 1.68. The highest BCUT2D eigenvalue weighted by Gasteiger charge is 2.37. The van der Waals surface area contributed by atoms with Crippen molar-refractivity contribution in [2.45, 2.75) is 19.5 Å². The van der Waals surface area contributed by atoms with Gasteiger partial charge < -0.3 is 10.2 Å². The Morgan fingerprint density at radius 1 is 1.07 bits per heavy atom. The smallest absolute Gasteiger partial charge is 0.255 e. The van der Waals surface area contributed by atoms with E-state index in [2.05, 4.69) is 10.3 Å². The number of aryl methyl sites for hydroxylation is 1. The van der Waals surface area contributed by atoms with E-state index in [4.69, 9.17) is 0 Å². The number of pyridine rings is 1. The Bertz CT molecular complexity index is 1000. The minimum atomic E-state index is -0.728. The minimum Gasteiger partial charge on any atom is -0.318 e. The summed E-state index contributed by atoms with van der Waals surface area (Å²) in [4.78, 5) is 31.9. The number of amides is 2. The van der Waals surface area contributed by atoms with Crippen LogP contribution in [-0.2, 0) is 11.3 Å². The molecule has 0 unspecified atom stereocenters. The lowest BCUT2D eigenvalue weighted by Crippen LogP contribution is -2.37. The largest absolute Gasteiger partial charge is 0.318 e. The summed E-state index contributed by atoms with van der Waals surface area (Å²) >= 11 is 0. The average Bonchev–Trinajstić information content (AvgIpc) is 3.00. The lowest BCUT2D eigenvalue weighted by Gasteiger charge is -2.27. The van der Waals surface area contributed by atoms with Crippen LogP contribution in [-0.4, -0.2) is 21.7 Å². The van der Waals surface area contributed by atoms with Gasteiger partial charge in [0.15, 0.2) is 0 Å². The zero-order valence-corrected chi connectivity index (χ0v) is 14.9. The van der Waals surface area contributed by atoms with Gasteiger partial charge in [-0.05, 0) is 41.8 Å². The fourth-order valence-electron chi connectivity index (χ4n) is 3.39. The average molecular weight is 357 g/mol. The lowest BCUT2D eigenvalue weighted by atomic mass is 10.0. The first-order chi connectivity index (χ1) is 13.1. The van der Waals surface area contributed by atoms with E-state index in [0.717, 1.165) is 16.7 Å². The molecule has 0 aliphatic carbocycles. The van der Waals surface area contributed by atoms with E-state index < -0.39 is 6.04 Å². The molecule has 2 heterocycles. The van der Waals surface area contributed by atoms with Crippen LogP contribution in [0.5, 0.6) is 0 Å². The van der Waals surface area contributed by atoms with Gasteiger partial charge in [-0.25, -0.2) is 4.98 Å². The molecule has 1 N–H and O–H groups in total. The van der Waals surface area contributed by atoms with Gasteiger partial charge in [-0.3, -0.25) is 9.59 Å². The molecular weight excluding hydrogens is 338 g/mol. The quantitative estimate of drug-likeness (QED) is 0.774. The van der Waals surface area contributed by atoms with Gasteiger partial charge in [0.2, 0.25) is 0 Å². The van der Waals surface area contributed by atoms with E-state index in [0.29, 0.717) is 17.9 Å². The van der Waals surface area contributed by atoms with Gasteiger partial charge >= 0.3 is 0 Å². The van der Waals surface area contributed by atoms with Crippen LogP contribution in [0.4, 0.5) is 5.82 Å². The molecule has 2 amide bonds. The van der Waals surface area contributed by atoms with E-state index in [9.17, 15) is 9.59 Å². The monoisotopic (exact) mass is 357 g/mol. The summed E-state index contributed by atoms with van der Waals surface area (Å²) in [5.74, 6) is 0.0670. The fourth-order valence-corrected chi connectivity index (χ4v) is 3.39. The van der Waals surface area contributed by atoms with E-state index in [1.165, 1.54) is 0 Å². The molecule has 2 aromatic carbocycles. The van der Waals surface area contributed by atoms with Crippen molar-refractivity contribution in [3.05, 3.63) is 95.2 Å². The molecule has 1 aliphatic rings. The van der Waals surface area contributed by atoms with Crippen LogP contribution in [0, 0.1) is 6.92 Å². The number of hydrogen-bond donors (Lipinski definition) is 1. The number of nitrogens with zero attached hydrogens (tertiary/aromatic N) is 2. The third kappa shape index (κ3) is 3.31. The van der Waals surface area contributed by atoms with Crippen molar-refractivity contribution in [2.24, 2.45) is 0 Å². The molecular formula is C22H19N3O2. The number of carbonyl (C=O) groups excluding carboxylic acids is 2. The van der Waals surface area contributed by atoms with Crippen LogP contribution in [0.15, 0.2) is 72.9 Å². The summed E-state index contributed by atoms with van der Waals surface area (Å²) in [6, 6.07) is 19.8. The van der Waals surface area contributed by atoms with Crippen LogP contribution in [0.1, 0.15) is 33.1 Å². The number of fused-ring (bicyclic) bond motifs is 1. The fraction of sp³-hybridized carbons (Fsp3) is 0.136. The molecule has 1 atom stereocenters. The van der Waals surface area contributed by atoms with Crippen LogP contribution in [0.3, 0.4) is 0 Å². The number of benzene rings is 2. The predicted octanol–water partition coefficient (Wildman–Crippen LogP) is 3.73. The van der Waals surface area contributed by atoms with E-state index in [1.807, 2.05) is 61.5 Å². The molecule has 4 rings (SSSR count). The summed E-state index contributed by atoms with van der Waals surface area (Å²) < 4.78 is 0. The second kappa shape index (κ2) is 7.03. The van der Waals surface area contributed by atoms with Crippen molar-refractivity contribution >= 4 is 17.6 Å². The second-order valence-electron chi connectivity index (χ2n) is 6.61. The Morgan fingerprint density at radius 3 is 2.56 bits per heavy atom. The van der Waals surface area contributed by atoms with Crippen molar-refractivity contribution < 1.29 is 9.59 Å². The van der Waals surface area contributed by atoms with Gasteiger partial charge in [-0.2, -0.15) is 0 Å². The van der Waals surface area contributed by atoms with Gasteiger partial charge in [-0.15, -0.1) is 0 Å². The molecule has 0 spiro atoms. The molecule has 0 radical (unpaired) electrons. The van der Waals surface area contributed by atoms with E-state index in [-0.39, 0.29) is 11.8 Å². The molecule has 5 nitrogen and oxygen atoms in total. The van der Waals surface area contributed by atoms with E-state index >= 15 is 0 Å². The second-order valence-corrected chi connectivity index (χ2v) is 6.61. The number of hydrogen-bond acceptors (Lipinski definition) is 3. The van der Waals surface area contributed by atoms with Gasteiger partial charge in [0.1, 0.15) is 11.9 Å². The molecule has 1 aliphatic heterocycles. The number of carbonyl (C=O) groups is 2. The van der Waals surface area contributed by atoms with Crippen molar-refractivity contribution in [3.63, 3.8) is 0 Å². The normalized spacial score (nSPS) is 14.0. The summed E-state index contributed by atoms with van der Waals surface area (Å²) in [7, 11) is 0. The van der Waals surface area contributed by atoms with Gasteiger partial charge in [0.25, 0.3) is 11.8 Å². The van der Waals surface area contributed by atoms with Crippen LogP contribution >= 0.6 is 0 Å². The standard InChI is InChI=1S/C22H19N3O2/c1-15-11-12-23-19(13-15)24-21(26)20(16-7-3-2-4-8-16)25-14-17-9-5-6-10-18(17)22(25)27/h2-13,20H,14H2,1H3,(H,23,24,26)/t20-/m0/s1. The van der Waals surface area contributed by atoms with Crippen molar-refractivity contribution in [2.75, 3.05) is 5.32 Å². The third-order valence-corrected chi connectivity index (χ3v) is 4.69. The third-order valence-electron chi connectivity index (χ3n) is 4.69. The Labute approximate surface area is 157 Å². The number of aromatic nitrogens is 1. The lowest BCUT2D eigenvalue weighted by molar-refractivity contribution is -0.120. The van der Waals surface area contributed by atoms with Crippen LogP contribution in [0.25, 0.3) is 0 Å². The summed E-state index contributed by atoms with van der Waals surface area (Å²) in [5.41, 5.74) is 3.36. The minimum absolute atomic E-state index is 0.133. The highest BCUT2D eigenvalue weighted by atomic mass is 16.2. The molecule has 0 saturated heterocycles. The molecule has 0 saturated carbocycles. The van der Waals surface area contributed by atoms with E-state index in [1.54, 1.807) is 23.2 Å². The summed E-state index contributed by atoms with van der Waals surface area (Å²) in [5, 5.41) is 2.86. The van der Waals surface area contributed by atoms with Crippen molar-refractivity contribution in [1.82, 2.24) is 9.88 Å². The zero-order valence-electron chi connectivity index (χ0n) is 14.9. The Morgan fingerprint density at radius 2 is 1.81 bits per heavy atom. The highest BCUT2D eigenvalue weighted by Crippen LogP contribution is 2.32. The molecule has 0 fully saturated rings. The van der Waals surface area contributed by atoms with Gasteiger partial charge in [0.05, 0.1) is 0 Å². The molecule has 134 valence electrons. The highest BCUT2D eigenvalue weighted by molar-refractivity contribution is 6.03. The van der Waals surface area contributed by atoms with Crippen molar-refractivity contribution in [3.8, 4) is 0 Å². The molecule has 0 bridgehead atoms. The summed E-state index contributed by atoms with van der Waals surface area (Å²) in [6.07, 6.45) is 1.65. The molecule has 3 aromatic rings. The topological polar surface area (TPSA) is 62.3 Å². The van der Waals surface area contributed by atoms with Gasteiger partial charge in [-0.1, -0.05) is 48.5 Å².